The van der Waals surface area contributed by atoms with Crippen molar-refractivity contribution in [2.75, 3.05) is 7.11 Å². The molecule has 0 saturated carbocycles. The molecule has 0 spiro atoms. The number of methoxy groups -OCH3 is 1. The first-order valence-electron chi connectivity index (χ1n) is 10.5. The van der Waals surface area contributed by atoms with Gasteiger partial charge in [0.15, 0.2) is 5.78 Å². The fourth-order valence-electron chi connectivity index (χ4n) is 3.80. The summed E-state index contributed by atoms with van der Waals surface area (Å²) < 4.78 is 8.50. The highest BCUT2D eigenvalue weighted by atomic mass is 16.5. The number of aromatic nitrogens is 2. The lowest BCUT2D eigenvalue weighted by molar-refractivity contribution is 0.0596. The van der Waals surface area contributed by atoms with Gasteiger partial charge in [0.1, 0.15) is 0 Å². The van der Waals surface area contributed by atoms with Gasteiger partial charge in [0, 0.05) is 12.1 Å². The van der Waals surface area contributed by atoms with Crippen molar-refractivity contribution < 1.29 is 14.3 Å². The molecule has 1 aromatic heterocycles. The summed E-state index contributed by atoms with van der Waals surface area (Å²) in [6.07, 6.45) is 5.76. The molecule has 0 bridgehead atoms. The Morgan fingerprint density at radius 2 is 1.47 bits per heavy atom. The van der Waals surface area contributed by atoms with E-state index in [0.29, 0.717) is 11.2 Å². The molecule has 6 nitrogen and oxygen atoms in total. The number of rotatable bonds is 10. The molecule has 1 heterocycles. The number of ketones is 1. The van der Waals surface area contributed by atoms with Crippen molar-refractivity contribution in [1.82, 2.24) is 9.13 Å². The van der Waals surface area contributed by atoms with Crippen molar-refractivity contribution in [3.63, 3.8) is 0 Å². The van der Waals surface area contributed by atoms with E-state index in [1.165, 1.54) is 26.4 Å². The van der Waals surface area contributed by atoms with Gasteiger partial charge in [0.05, 0.1) is 30.3 Å². The quantitative estimate of drug-likeness (QED) is 0.304. The van der Waals surface area contributed by atoms with Gasteiger partial charge in [-0.2, -0.15) is 0 Å². The smallest absolute Gasteiger partial charge is 0.338 e. The van der Waals surface area contributed by atoms with Crippen LogP contribution in [0.4, 0.5) is 0 Å². The molecule has 158 valence electrons. The molecule has 3 rings (SSSR count). The molecule has 0 saturated heterocycles. The third-order valence-corrected chi connectivity index (χ3v) is 5.39. The zero-order valence-electron chi connectivity index (χ0n) is 17.7. The Hall–Kier alpha value is -3.15. The van der Waals surface area contributed by atoms with Crippen LogP contribution < -0.4 is 5.62 Å². The minimum absolute atomic E-state index is 0.00378. The van der Waals surface area contributed by atoms with Crippen LogP contribution in [0, 0.1) is 5.41 Å². The normalized spacial score (nSPS) is 11.0. The fourth-order valence-corrected chi connectivity index (χ4v) is 3.80. The largest absolute Gasteiger partial charge is 0.465 e. The Labute approximate surface area is 176 Å². The zero-order valence-corrected chi connectivity index (χ0v) is 17.7. The number of aryl methyl sites for hydroxylation is 1. The lowest BCUT2D eigenvalue weighted by Crippen LogP contribution is -2.28. The number of fused-ring (bicyclic) bond motifs is 1. The van der Waals surface area contributed by atoms with Gasteiger partial charge in [-0.3, -0.25) is 10.2 Å². The summed E-state index contributed by atoms with van der Waals surface area (Å²) in [6, 6.07) is 14.4. The monoisotopic (exact) mass is 407 g/mol. The number of para-hydroxylation sites is 2. The number of hydrogen-bond acceptors (Lipinski definition) is 4. The van der Waals surface area contributed by atoms with E-state index in [4.69, 9.17) is 10.1 Å². The van der Waals surface area contributed by atoms with Gasteiger partial charge in [-0.25, -0.2) is 4.79 Å². The minimum Gasteiger partial charge on any atom is -0.465 e. The molecule has 1 N–H and O–H groups in total. The van der Waals surface area contributed by atoms with E-state index in [2.05, 4.69) is 6.92 Å². The van der Waals surface area contributed by atoms with E-state index >= 15 is 0 Å². The molecule has 2 aromatic carbocycles. The molecule has 0 fully saturated rings. The Kier molecular flexibility index (Phi) is 7.22. The Morgan fingerprint density at radius 3 is 2.13 bits per heavy atom. The van der Waals surface area contributed by atoms with Crippen LogP contribution in [-0.4, -0.2) is 28.0 Å². The molecule has 0 unspecified atom stereocenters. The van der Waals surface area contributed by atoms with Crippen LogP contribution in [0.5, 0.6) is 0 Å². The molecule has 0 aliphatic rings. The summed E-state index contributed by atoms with van der Waals surface area (Å²) >= 11 is 0. The van der Waals surface area contributed by atoms with Crippen LogP contribution in [0.2, 0.25) is 0 Å². The van der Waals surface area contributed by atoms with Crippen molar-refractivity contribution in [3.8, 4) is 0 Å². The number of Topliss-reactive ketones (excluding diaryl/α,β-unsaturated/α-hetero) is 1. The molecule has 0 radical (unpaired) electrons. The van der Waals surface area contributed by atoms with Crippen LogP contribution in [0.15, 0.2) is 48.5 Å². The van der Waals surface area contributed by atoms with Crippen molar-refractivity contribution in [2.45, 2.75) is 52.1 Å². The lowest BCUT2D eigenvalue weighted by atomic mass is 10.0. The summed E-state index contributed by atoms with van der Waals surface area (Å²) in [5.41, 5.74) is 2.66. The van der Waals surface area contributed by atoms with Crippen molar-refractivity contribution in [2.24, 2.45) is 0 Å². The standard InChI is InChI=1S/C24H29N3O3/c1-3-4-5-6-11-16-26-20-14-9-10-15-21(20)27(24(26)25)17-22(28)18-12-7-8-13-19(18)23(29)30-2/h7-10,12-15,25H,3-6,11,16-17H2,1-2H3. The number of carbonyl (C=O) groups is 2. The van der Waals surface area contributed by atoms with Crippen LogP contribution in [0.25, 0.3) is 11.0 Å². The SMILES string of the molecule is CCCCCCCn1c(=N)n(CC(=O)c2ccccc2C(=O)OC)c2ccccc21. The molecule has 3 aromatic rings. The molecule has 0 atom stereocenters. The first-order chi connectivity index (χ1) is 14.6. The van der Waals surface area contributed by atoms with Crippen LogP contribution in [-0.2, 0) is 17.8 Å². The average Bonchev–Trinajstić information content (AvgIpc) is 3.04. The van der Waals surface area contributed by atoms with Crippen LogP contribution in [0.1, 0.15) is 59.7 Å². The summed E-state index contributed by atoms with van der Waals surface area (Å²) in [5.74, 6) is -0.759. The number of imidazole rings is 1. The van der Waals surface area contributed by atoms with Gasteiger partial charge < -0.3 is 13.9 Å². The highest BCUT2D eigenvalue weighted by molar-refractivity contribution is 6.06. The number of nitrogens with zero attached hydrogens (tertiary/aromatic N) is 2. The molecule has 30 heavy (non-hydrogen) atoms. The summed E-state index contributed by atoms with van der Waals surface area (Å²) in [4.78, 5) is 25.1. The Bertz CT molecular complexity index is 1090. The third kappa shape index (κ3) is 4.53. The van der Waals surface area contributed by atoms with Crippen molar-refractivity contribution >= 4 is 22.8 Å². The summed E-state index contributed by atoms with van der Waals surface area (Å²) in [5, 5.41) is 8.70. The summed E-state index contributed by atoms with van der Waals surface area (Å²) in [7, 11) is 1.30. The first-order valence-corrected chi connectivity index (χ1v) is 10.5. The Morgan fingerprint density at radius 1 is 0.867 bits per heavy atom. The molecular weight excluding hydrogens is 378 g/mol. The number of esters is 1. The third-order valence-electron chi connectivity index (χ3n) is 5.39. The van der Waals surface area contributed by atoms with E-state index < -0.39 is 5.97 Å². The maximum Gasteiger partial charge on any atom is 0.338 e. The van der Waals surface area contributed by atoms with E-state index in [-0.39, 0.29) is 17.9 Å². The lowest BCUT2D eigenvalue weighted by Gasteiger charge is -2.08. The fraction of sp³-hybridized carbons (Fsp3) is 0.375. The van der Waals surface area contributed by atoms with Gasteiger partial charge in [-0.15, -0.1) is 0 Å². The van der Waals surface area contributed by atoms with Crippen molar-refractivity contribution in [1.29, 1.82) is 5.41 Å². The molecule has 0 aliphatic carbocycles. The van der Waals surface area contributed by atoms with Gasteiger partial charge >= 0.3 is 5.97 Å². The summed E-state index contributed by atoms with van der Waals surface area (Å²) in [6.45, 7) is 2.94. The maximum absolute atomic E-state index is 13.1. The van der Waals surface area contributed by atoms with Gasteiger partial charge in [0.2, 0.25) is 5.62 Å². The number of nitrogens with one attached hydrogen (secondary N) is 1. The highest BCUT2D eigenvalue weighted by Crippen LogP contribution is 2.17. The number of carbonyl (C=O) groups excluding carboxylic acids is 2. The average molecular weight is 408 g/mol. The van der Waals surface area contributed by atoms with E-state index in [1.54, 1.807) is 28.8 Å². The van der Waals surface area contributed by atoms with Crippen LogP contribution in [0.3, 0.4) is 0 Å². The predicted molar refractivity (Wildman–Crippen MR) is 117 cm³/mol. The number of unbranched alkanes of at least 4 members (excludes halogenated alkanes) is 4. The topological polar surface area (TPSA) is 77.1 Å². The predicted octanol–water partition coefficient (Wildman–Crippen LogP) is 4.56. The zero-order chi connectivity index (χ0) is 21.5. The minimum atomic E-state index is -0.537. The Balaban J connectivity index is 1.90. The van der Waals surface area contributed by atoms with E-state index in [0.717, 1.165) is 30.4 Å². The number of hydrogen-bond donors (Lipinski definition) is 1. The second-order valence-electron chi connectivity index (χ2n) is 7.42. The second-order valence-corrected chi connectivity index (χ2v) is 7.42. The van der Waals surface area contributed by atoms with Gasteiger partial charge in [-0.05, 0) is 24.6 Å². The second kappa shape index (κ2) is 10.1. The molecule has 6 heteroatoms. The maximum atomic E-state index is 13.1. The molecule has 0 aliphatic heterocycles. The molecule has 0 amide bonds. The molecular formula is C24H29N3O3. The highest BCUT2D eigenvalue weighted by Gasteiger charge is 2.19. The number of ether oxygens (including phenoxy) is 1. The van der Waals surface area contributed by atoms with E-state index in [1.807, 2.05) is 28.8 Å². The van der Waals surface area contributed by atoms with E-state index in [9.17, 15) is 9.59 Å². The van der Waals surface area contributed by atoms with Crippen molar-refractivity contribution in [3.05, 3.63) is 65.3 Å². The van der Waals surface area contributed by atoms with Crippen LogP contribution >= 0.6 is 0 Å². The number of benzene rings is 2. The van der Waals surface area contributed by atoms with Gasteiger partial charge in [-0.1, -0.05) is 62.9 Å². The first kappa shape index (κ1) is 21.6. The van der Waals surface area contributed by atoms with Gasteiger partial charge in [0.25, 0.3) is 0 Å².